The molecule has 0 N–H and O–H groups in total. The van der Waals surface area contributed by atoms with Crippen molar-refractivity contribution in [3.8, 4) is 0 Å². The van der Waals surface area contributed by atoms with Gasteiger partial charge in [0.05, 0.1) is 6.54 Å². The van der Waals surface area contributed by atoms with E-state index >= 15 is 0 Å². The standard InChI is InChI=1S/C11H15NO/c13-6-12-5-11-9-2-7-1-8(4-9)10(11)3-7/h7-11H,1-5H2. The third kappa shape index (κ3) is 1.02. The molecule has 0 aromatic heterocycles. The van der Waals surface area contributed by atoms with Crippen LogP contribution in [0.15, 0.2) is 4.99 Å². The van der Waals surface area contributed by atoms with Crippen molar-refractivity contribution in [2.75, 3.05) is 6.54 Å². The molecule has 5 atom stereocenters. The second-order valence-electron chi connectivity index (χ2n) is 5.09. The van der Waals surface area contributed by atoms with E-state index in [0.717, 1.165) is 36.1 Å². The van der Waals surface area contributed by atoms with E-state index in [-0.39, 0.29) is 0 Å². The van der Waals surface area contributed by atoms with Gasteiger partial charge in [-0.05, 0) is 55.3 Å². The molecule has 0 heterocycles. The van der Waals surface area contributed by atoms with Crippen molar-refractivity contribution < 1.29 is 4.79 Å². The molecule has 0 aromatic carbocycles. The number of isocyanates is 1. The fraction of sp³-hybridized carbons (Fsp3) is 0.909. The summed E-state index contributed by atoms with van der Waals surface area (Å²) in [5.41, 5.74) is 0. The van der Waals surface area contributed by atoms with Gasteiger partial charge in [0.1, 0.15) is 0 Å². The predicted octanol–water partition coefficient (Wildman–Crippen LogP) is 2.00. The number of nitrogens with zero attached hydrogens (tertiary/aromatic N) is 1. The van der Waals surface area contributed by atoms with Crippen molar-refractivity contribution in [2.45, 2.75) is 25.7 Å². The van der Waals surface area contributed by atoms with Crippen LogP contribution in [0.4, 0.5) is 0 Å². The summed E-state index contributed by atoms with van der Waals surface area (Å²) < 4.78 is 0. The maximum atomic E-state index is 10.1. The second-order valence-corrected chi connectivity index (χ2v) is 5.09. The van der Waals surface area contributed by atoms with Crippen molar-refractivity contribution >= 4 is 6.08 Å². The molecule has 4 fully saturated rings. The van der Waals surface area contributed by atoms with Gasteiger partial charge in [-0.1, -0.05) is 0 Å². The first-order valence-corrected chi connectivity index (χ1v) is 5.42. The zero-order valence-corrected chi connectivity index (χ0v) is 7.78. The number of aliphatic imine (C=N–C) groups is 1. The number of carbonyl (C=O) groups excluding carboxylic acids is 1. The molecule has 0 aromatic rings. The maximum absolute atomic E-state index is 10.1. The predicted molar refractivity (Wildman–Crippen MR) is 48.9 cm³/mol. The van der Waals surface area contributed by atoms with Gasteiger partial charge in [0.25, 0.3) is 0 Å². The molecule has 4 aliphatic rings. The lowest BCUT2D eigenvalue weighted by Crippen LogP contribution is -2.25. The van der Waals surface area contributed by atoms with E-state index in [2.05, 4.69) is 4.99 Å². The minimum Gasteiger partial charge on any atom is -0.211 e. The Morgan fingerprint density at radius 3 is 2.77 bits per heavy atom. The Balaban J connectivity index is 1.80. The van der Waals surface area contributed by atoms with Gasteiger partial charge in [-0.25, -0.2) is 9.79 Å². The highest BCUT2D eigenvalue weighted by Crippen LogP contribution is 2.60. The molecule has 5 unspecified atom stereocenters. The quantitative estimate of drug-likeness (QED) is 0.468. The van der Waals surface area contributed by atoms with E-state index < -0.39 is 0 Å². The van der Waals surface area contributed by atoms with Crippen molar-refractivity contribution in [2.24, 2.45) is 34.6 Å². The summed E-state index contributed by atoms with van der Waals surface area (Å²) in [4.78, 5) is 13.9. The van der Waals surface area contributed by atoms with Crippen molar-refractivity contribution in [3.05, 3.63) is 0 Å². The molecule has 4 saturated carbocycles. The summed E-state index contributed by atoms with van der Waals surface area (Å²) in [6, 6.07) is 0. The highest BCUT2D eigenvalue weighted by atomic mass is 16.1. The van der Waals surface area contributed by atoms with E-state index in [1.54, 1.807) is 6.08 Å². The minimum absolute atomic E-state index is 0.741. The van der Waals surface area contributed by atoms with E-state index in [1.165, 1.54) is 25.7 Å². The first-order chi connectivity index (χ1) is 6.38. The van der Waals surface area contributed by atoms with Crippen LogP contribution < -0.4 is 0 Å². The summed E-state index contributed by atoms with van der Waals surface area (Å²) in [5, 5.41) is 0. The van der Waals surface area contributed by atoms with Crippen LogP contribution in [-0.4, -0.2) is 12.6 Å². The Morgan fingerprint density at radius 1 is 1.15 bits per heavy atom. The van der Waals surface area contributed by atoms with Gasteiger partial charge >= 0.3 is 0 Å². The highest BCUT2D eigenvalue weighted by Gasteiger charge is 2.53. The Bertz CT molecular complexity index is 265. The van der Waals surface area contributed by atoms with Gasteiger partial charge in [0.15, 0.2) is 0 Å². The molecular formula is C11H15NO. The van der Waals surface area contributed by atoms with Crippen LogP contribution in [0, 0.1) is 29.6 Å². The Labute approximate surface area is 78.4 Å². The summed E-state index contributed by atoms with van der Waals surface area (Å²) in [6.07, 6.45) is 7.45. The largest absolute Gasteiger partial charge is 0.234 e. The third-order valence-corrected chi connectivity index (χ3v) is 4.61. The van der Waals surface area contributed by atoms with Crippen LogP contribution in [0.1, 0.15) is 25.7 Å². The molecule has 0 amide bonds. The summed E-state index contributed by atoms with van der Waals surface area (Å²) in [7, 11) is 0. The molecule has 2 heteroatoms. The van der Waals surface area contributed by atoms with Crippen LogP contribution in [-0.2, 0) is 4.79 Å². The lowest BCUT2D eigenvalue weighted by atomic mass is 9.75. The van der Waals surface area contributed by atoms with E-state index in [0.29, 0.717) is 0 Å². The lowest BCUT2D eigenvalue weighted by molar-refractivity contribution is 0.202. The topological polar surface area (TPSA) is 29.4 Å². The molecule has 13 heavy (non-hydrogen) atoms. The van der Waals surface area contributed by atoms with Gasteiger partial charge in [0, 0.05) is 0 Å². The van der Waals surface area contributed by atoms with Gasteiger partial charge in [-0.15, -0.1) is 0 Å². The molecule has 4 aliphatic carbocycles. The summed E-state index contributed by atoms with van der Waals surface area (Å²) in [6.45, 7) is 0.766. The molecule has 0 radical (unpaired) electrons. The van der Waals surface area contributed by atoms with E-state index in [4.69, 9.17) is 0 Å². The molecular weight excluding hydrogens is 162 g/mol. The van der Waals surface area contributed by atoms with Crippen molar-refractivity contribution in [3.63, 3.8) is 0 Å². The second kappa shape index (κ2) is 2.68. The van der Waals surface area contributed by atoms with Crippen LogP contribution in [0.2, 0.25) is 0 Å². The minimum atomic E-state index is 0.741. The Morgan fingerprint density at radius 2 is 2.00 bits per heavy atom. The molecule has 0 saturated heterocycles. The SMILES string of the molecule is O=C=NCC1C2CC3CC(C2)C1C3. The van der Waals surface area contributed by atoms with Crippen LogP contribution >= 0.6 is 0 Å². The number of hydrogen-bond acceptors (Lipinski definition) is 2. The average molecular weight is 177 g/mol. The smallest absolute Gasteiger partial charge is 0.211 e. The van der Waals surface area contributed by atoms with Gasteiger partial charge in [0.2, 0.25) is 6.08 Å². The summed E-state index contributed by atoms with van der Waals surface area (Å²) in [5.74, 6) is 4.59. The zero-order chi connectivity index (χ0) is 8.84. The first-order valence-electron chi connectivity index (χ1n) is 5.42. The van der Waals surface area contributed by atoms with Crippen molar-refractivity contribution in [1.29, 1.82) is 0 Å². The zero-order valence-electron chi connectivity index (χ0n) is 7.78. The normalized spacial score (nSPS) is 50.9. The molecule has 4 bridgehead atoms. The van der Waals surface area contributed by atoms with Gasteiger partial charge in [-0.3, -0.25) is 0 Å². The Kier molecular flexibility index (Phi) is 1.60. The third-order valence-electron chi connectivity index (χ3n) is 4.61. The van der Waals surface area contributed by atoms with E-state index in [1.807, 2.05) is 0 Å². The maximum Gasteiger partial charge on any atom is 0.234 e. The average Bonchev–Trinajstić information content (AvgIpc) is 2.53. The van der Waals surface area contributed by atoms with E-state index in [9.17, 15) is 4.79 Å². The molecule has 2 nitrogen and oxygen atoms in total. The number of rotatable bonds is 2. The molecule has 4 rings (SSSR count). The molecule has 70 valence electrons. The van der Waals surface area contributed by atoms with Gasteiger partial charge in [-0.2, -0.15) is 0 Å². The number of hydrogen-bond donors (Lipinski definition) is 0. The highest BCUT2D eigenvalue weighted by molar-refractivity contribution is 5.33. The van der Waals surface area contributed by atoms with Crippen molar-refractivity contribution in [1.82, 2.24) is 0 Å². The first kappa shape index (κ1) is 7.75. The molecule has 0 spiro atoms. The van der Waals surface area contributed by atoms with Crippen LogP contribution in [0.25, 0.3) is 0 Å². The molecule has 0 aliphatic heterocycles. The van der Waals surface area contributed by atoms with Gasteiger partial charge < -0.3 is 0 Å². The fourth-order valence-corrected chi connectivity index (χ4v) is 4.30. The monoisotopic (exact) mass is 177 g/mol. The lowest BCUT2D eigenvalue weighted by Gasteiger charge is -2.30. The summed E-state index contributed by atoms with van der Waals surface area (Å²) >= 11 is 0. The van der Waals surface area contributed by atoms with Crippen LogP contribution in [0.3, 0.4) is 0 Å². The Hall–Kier alpha value is -0.620. The fourth-order valence-electron chi connectivity index (χ4n) is 4.30. The van der Waals surface area contributed by atoms with Crippen LogP contribution in [0.5, 0.6) is 0 Å².